The summed E-state index contributed by atoms with van der Waals surface area (Å²) in [4.78, 5) is 16.1. The van der Waals surface area contributed by atoms with E-state index in [0.717, 1.165) is 24.2 Å². The Morgan fingerprint density at radius 3 is 2.35 bits per heavy atom. The van der Waals surface area contributed by atoms with Crippen molar-refractivity contribution in [3.05, 3.63) is 119 Å². The number of amides is 1. The Hall–Kier alpha value is -3.96. The fourth-order valence-corrected chi connectivity index (χ4v) is 5.24. The number of carbonyl (C=O) groups excluding carboxylic acids is 1. The molecule has 0 aromatic heterocycles. The van der Waals surface area contributed by atoms with E-state index in [1.165, 1.54) is 27.5 Å². The van der Waals surface area contributed by atoms with Crippen molar-refractivity contribution < 1.29 is 9.53 Å². The number of carbonyl (C=O) groups is 1. The molecule has 3 aromatic carbocycles. The molecule has 0 aliphatic carbocycles. The van der Waals surface area contributed by atoms with E-state index in [4.69, 9.17) is 9.84 Å². The molecule has 5 nitrogen and oxygen atoms in total. The number of hydrogen-bond acceptors (Lipinski definition) is 4. The predicted octanol–water partition coefficient (Wildman–Crippen LogP) is 6.39. The lowest BCUT2D eigenvalue weighted by molar-refractivity contribution is -0.114. The first-order valence-electron chi connectivity index (χ1n) is 12.8. The zero-order valence-corrected chi connectivity index (χ0v) is 21.9. The second-order valence-electron chi connectivity index (χ2n) is 9.75. The highest BCUT2D eigenvalue weighted by Crippen LogP contribution is 2.50. The van der Waals surface area contributed by atoms with Gasteiger partial charge in [0.05, 0.1) is 17.9 Å². The molecule has 0 spiro atoms. The number of aryl methyl sites for hydroxylation is 1. The number of nitrogens with zero attached hydrogens (tertiary/aromatic N) is 3. The van der Waals surface area contributed by atoms with E-state index in [1.54, 1.807) is 7.11 Å². The van der Waals surface area contributed by atoms with E-state index >= 15 is 0 Å². The number of rotatable bonds is 7. The minimum atomic E-state index is -0.184. The average Bonchev–Trinajstić information content (AvgIpc) is 3.38. The van der Waals surface area contributed by atoms with Crippen molar-refractivity contribution in [1.29, 1.82) is 0 Å². The van der Waals surface area contributed by atoms with Gasteiger partial charge in [0.2, 0.25) is 0 Å². The van der Waals surface area contributed by atoms with Gasteiger partial charge in [-0.15, -0.1) is 0 Å². The molecule has 0 radical (unpaired) electrons. The molecule has 188 valence electrons. The molecular weight excluding hydrogens is 458 g/mol. The Morgan fingerprint density at radius 2 is 1.68 bits per heavy atom. The third kappa shape index (κ3) is 4.40. The number of hydrazone groups is 1. The lowest BCUT2D eigenvalue weighted by Crippen LogP contribution is -2.30. The largest absolute Gasteiger partial charge is 0.383 e. The first-order valence-corrected chi connectivity index (χ1v) is 12.8. The molecule has 2 aliphatic rings. The van der Waals surface area contributed by atoms with Crippen LogP contribution in [-0.4, -0.2) is 31.9 Å². The van der Waals surface area contributed by atoms with Gasteiger partial charge >= 0.3 is 0 Å². The van der Waals surface area contributed by atoms with E-state index < -0.39 is 0 Å². The van der Waals surface area contributed by atoms with E-state index in [2.05, 4.69) is 49.9 Å². The number of allylic oxidation sites excluding steroid dienone is 3. The molecule has 0 saturated carbocycles. The van der Waals surface area contributed by atoms with Crippen LogP contribution in [0.15, 0.2) is 107 Å². The minimum absolute atomic E-state index is 0.130. The summed E-state index contributed by atoms with van der Waals surface area (Å²) < 4.78 is 5.46. The van der Waals surface area contributed by atoms with Gasteiger partial charge in [-0.2, -0.15) is 10.1 Å². The van der Waals surface area contributed by atoms with Gasteiger partial charge in [-0.1, -0.05) is 73.2 Å². The number of hydrogen-bond donors (Lipinski definition) is 0. The maximum atomic E-state index is 13.7. The highest BCUT2D eigenvalue weighted by molar-refractivity contribution is 6.35. The van der Waals surface area contributed by atoms with Crippen molar-refractivity contribution >= 4 is 23.0 Å². The number of benzene rings is 3. The Labute approximate surface area is 219 Å². The molecule has 1 unspecified atom stereocenters. The van der Waals surface area contributed by atoms with Gasteiger partial charge in [0.1, 0.15) is 5.71 Å². The Morgan fingerprint density at radius 1 is 0.973 bits per heavy atom. The second-order valence-corrected chi connectivity index (χ2v) is 9.75. The van der Waals surface area contributed by atoms with Crippen LogP contribution in [-0.2, 0) is 14.9 Å². The third-order valence-corrected chi connectivity index (χ3v) is 7.45. The van der Waals surface area contributed by atoms with Crippen LogP contribution in [0.5, 0.6) is 0 Å². The first-order chi connectivity index (χ1) is 18.0. The zero-order valence-electron chi connectivity index (χ0n) is 21.9. The molecule has 37 heavy (non-hydrogen) atoms. The number of methoxy groups -OCH3 is 1. The van der Waals surface area contributed by atoms with Crippen molar-refractivity contribution in [3.8, 4) is 0 Å². The summed E-state index contributed by atoms with van der Waals surface area (Å²) in [7, 11) is 1.73. The quantitative estimate of drug-likeness (QED) is 0.360. The van der Waals surface area contributed by atoms with Crippen molar-refractivity contribution in [2.24, 2.45) is 5.10 Å². The van der Waals surface area contributed by atoms with Crippen LogP contribution >= 0.6 is 0 Å². The van der Waals surface area contributed by atoms with Crippen LogP contribution in [0.3, 0.4) is 0 Å². The third-order valence-electron chi connectivity index (χ3n) is 7.45. The monoisotopic (exact) mass is 491 g/mol. The normalized spacial score (nSPS) is 21.2. The molecule has 0 N–H and O–H groups in total. The van der Waals surface area contributed by atoms with Crippen molar-refractivity contribution in [2.45, 2.75) is 32.6 Å². The molecule has 0 fully saturated rings. The fourth-order valence-electron chi connectivity index (χ4n) is 5.24. The summed E-state index contributed by atoms with van der Waals surface area (Å²) in [6, 6.07) is 26.2. The summed E-state index contributed by atoms with van der Waals surface area (Å²) in [5.41, 5.74) is 7.68. The van der Waals surface area contributed by atoms with Crippen LogP contribution in [0.25, 0.3) is 0 Å². The molecule has 1 atom stereocenters. The number of anilines is 2. The number of ether oxygens (including phenoxy) is 1. The van der Waals surface area contributed by atoms with Crippen LogP contribution in [0, 0.1) is 6.92 Å². The predicted molar refractivity (Wildman–Crippen MR) is 151 cm³/mol. The van der Waals surface area contributed by atoms with Crippen LogP contribution in [0.1, 0.15) is 37.0 Å². The molecule has 5 rings (SSSR count). The maximum Gasteiger partial charge on any atom is 0.281 e. The Bertz CT molecular complexity index is 1390. The van der Waals surface area contributed by atoms with Crippen molar-refractivity contribution in [3.63, 3.8) is 0 Å². The zero-order chi connectivity index (χ0) is 26.0. The molecule has 2 aliphatic heterocycles. The summed E-state index contributed by atoms with van der Waals surface area (Å²) in [6.45, 7) is 8.00. The van der Waals surface area contributed by atoms with Crippen LogP contribution < -0.4 is 9.91 Å². The topological polar surface area (TPSA) is 45.1 Å². The average molecular weight is 492 g/mol. The minimum Gasteiger partial charge on any atom is -0.383 e. The molecule has 1 amide bonds. The Balaban J connectivity index is 1.63. The molecule has 3 aromatic rings. The van der Waals surface area contributed by atoms with Gasteiger partial charge in [-0.3, -0.25) is 4.79 Å². The molecule has 5 heteroatoms. The molecule has 0 saturated heterocycles. The molecular formula is C32H33N3O2. The van der Waals surface area contributed by atoms with Gasteiger partial charge < -0.3 is 9.64 Å². The maximum absolute atomic E-state index is 13.7. The number of fused-ring (bicyclic) bond motifs is 1. The highest BCUT2D eigenvalue weighted by Gasteiger charge is 2.42. The van der Waals surface area contributed by atoms with Crippen molar-refractivity contribution in [2.75, 3.05) is 30.2 Å². The van der Waals surface area contributed by atoms with E-state index in [9.17, 15) is 4.79 Å². The van der Waals surface area contributed by atoms with Gasteiger partial charge in [0.15, 0.2) is 0 Å². The highest BCUT2D eigenvalue weighted by atomic mass is 16.5. The van der Waals surface area contributed by atoms with Gasteiger partial charge in [0.25, 0.3) is 5.91 Å². The van der Waals surface area contributed by atoms with Gasteiger partial charge in [-0.25, -0.2) is 0 Å². The van der Waals surface area contributed by atoms with E-state index in [1.807, 2.05) is 66.7 Å². The van der Waals surface area contributed by atoms with E-state index in [0.29, 0.717) is 17.9 Å². The lowest BCUT2D eigenvalue weighted by atomic mass is 9.78. The first kappa shape index (κ1) is 24.7. The summed E-state index contributed by atoms with van der Waals surface area (Å²) in [5, 5.41) is 6.28. The number of para-hydroxylation sites is 1. The summed E-state index contributed by atoms with van der Waals surface area (Å²) in [6.07, 6.45) is 5.01. The fraction of sp³-hybridized carbons (Fsp3) is 0.250. The smallest absolute Gasteiger partial charge is 0.281 e. The van der Waals surface area contributed by atoms with Gasteiger partial charge in [-0.05, 0) is 56.2 Å². The summed E-state index contributed by atoms with van der Waals surface area (Å²) >= 11 is 0. The van der Waals surface area contributed by atoms with E-state index in [-0.39, 0.29) is 11.3 Å². The molecule has 0 bridgehead atoms. The van der Waals surface area contributed by atoms with Crippen LogP contribution in [0.4, 0.5) is 11.4 Å². The standard InChI is InChI=1S/C32H33N3O2/c1-5-32(3)27-22-23(2)16-18-28(27)34(20-21-37-4)29(32)19-17-26-30(24-12-8-6-9-13-24)33-35(31(26)36)25-14-10-7-11-15-25/h6-19,22H,5,20-21H2,1-4H3/b26-17-,29-19+. The SMILES string of the molecule is CCC1(C)/C(=C\C=C2/C(=O)N(c3ccccc3)N=C2c2ccccc2)N(CCOC)c2ccc(C)cc21. The Kier molecular flexibility index (Phi) is 6.81. The molecule has 2 heterocycles. The lowest BCUT2D eigenvalue weighted by Gasteiger charge is -2.29. The second kappa shape index (κ2) is 10.2. The van der Waals surface area contributed by atoms with Crippen molar-refractivity contribution in [1.82, 2.24) is 0 Å². The summed E-state index contributed by atoms with van der Waals surface area (Å²) in [5.74, 6) is -0.130. The van der Waals surface area contributed by atoms with Gasteiger partial charge in [0, 0.05) is 36.0 Å². The van der Waals surface area contributed by atoms with Crippen LogP contribution in [0.2, 0.25) is 0 Å².